The molecule has 0 radical (unpaired) electrons. The molecule has 1 aromatic rings. The van der Waals surface area contributed by atoms with E-state index in [1.165, 1.54) is 0 Å². The van der Waals surface area contributed by atoms with Gasteiger partial charge in [0.2, 0.25) is 5.91 Å². The van der Waals surface area contributed by atoms with E-state index < -0.39 is 5.60 Å². The Bertz CT molecular complexity index is 520. The second-order valence-corrected chi connectivity index (χ2v) is 5.16. The van der Waals surface area contributed by atoms with Crippen LogP contribution in [-0.2, 0) is 4.79 Å². The number of hydrogen-bond donors (Lipinski definition) is 2. The van der Waals surface area contributed by atoms with Crippen LogP contribution in [0, 0.1) is 11.3 Å². The minimum Gasteiger partial charge on any atom is -0.389 e. The van der Waals surface area contributed by atoms with Crippen molar-refractivity contribution in [2.24, 2.45) is 0 Å². The standard InChI is InChI=1S/C14H17N3O2/c1-14(19)6-7-17(10-14)9-13(18)16-12-5-3-2-4-11(12)8-15/h2-5,19H,6-7,9-10H2,1H3,(H,16,18). The van der Waals surface area contributed by atoms with Crippen molar-refractivity contribution in [1.29, 1.82) is 5.26 Å². The Balaban J connectivity index is 1.94. The molecular formula is C14H17N3O2. The third kappa shape index (κ3) is 3.53. The number of nitrogens with one attached hydrogen (secondary N) is 1. The van der Waals surface area contributed by atoms with Gasteiger partial charge in [0.1, 0.15) is 6.07 Å². The van der Waals surface area contributed by atoms with Gasteiger partial charge in [0.15, 0.2) is 0 Å². The molecule has 2 rings (SSSR count). The van der Waals surface area contributed by atoms with Gasteiger partial charge in [0.25, 0.3) is 0 Å². The molecule has 5 nitrogen and oxygen atoms in total. The minimum atomic E-state index is -0.704. The number of nitriles is 1. The van der Waals surface area contributed by atoms with Gasteiger partial charge in [-0.3, -0.25) is 9.69 Å². The lowest BCUT2D eigenvalue weighted by atomic mass is 10.1. The molecule has 0 saturated carbocycles. The van der Waals surface area contributed by atoms with Crippen molar-refractivity contribution in [2.75, 3.05) is 25.0 Å². The summed E-state index contributed by atoms with van der Waals surface area (Å²) in [6, 6.07) is 8.94. The van der Waals surface area contributed by atoms with E-state index in [1.54, 1.807) is 31.2 Å². The van der Waals surface area contributed by atoms with E-state index in [2.05, 4.69) is 5.32 Å². The molecule has 100 valence electrons. The van der Waals surface area contributed by atoms with Crippen molar-refractivity contribution in [3.63, 3.8) is 0 Å². The van der Waals surface area contributed by atoms with Crippen LogP contribution in [0.1, 0.15) is 18.9 Å². The zero-order valence-corrected chi connectivity index (χ0v) is 10.9. The molecule has 1 heterocycles. The van der Waals surface area contributed by atoms with Gasteiger partial charge in [-0.1, -0.05) is 12.1 Å². The lowest BCUT2D eigenvalue weighted by Crippen LogP contribution is -2.35. The number of anilines is 1. The fourth-order valence-electron chi connectivity index (χ4n) is 2.26. The van der Waals surface area contributed by atoms with E-state index in [4.69, 9.17) is 5.26 Å². The molecule has 1 aliphatic rings. The Morgan fingerprint density at radius 3 is 2.95 bits per heavy atom. The molecule has 1 atom stereocenters. The molecular weight excluding hydrogens is 242 g/mol. The first-order valence-electron chi connectivity index (χ1n) is 6.24. The summed E-state index contributed by atoms with van der Waals surface area (Å²) in [5, 5.41) is 21.5. The summed E-state index contributed by atoms with van der Waals surface area (Å²) in [6.07, 6.45) is 0.676. The van der Waals surface area contributed by atoms with Crippen molar-refractivity contribution in [3.05, 3.63) is 29.8 Å². The van der Waals surface area contributed by atoms with Gasteiger partial charge in [0.05, 0.1) is 23.4 Å². The van der Waals surface area contributed by atoms with E-state index >= 15 is 0 Å². The topological polar surface area (TPSA) is 76.4 Å². The summed E-state index contributed by atoms with van der Waals surface area (Å²) >= 11 is 0. The average Bonchev–Trinajstić information content (AvgIpc) is 2.69. The molecule has 0 spiro atoms. The lowest BCUT2D eigenvalue weighted by molar-refractivity contribution is -0.117. The van der Waals surface area contributed by atoms with Crippen molar-refractivity contribution in [3.8, 4) is 6.07 Å². The highest BCUT2D eigenvalue weighted by atomic mass is 16.3. The summed E-state index contributed by atoms with van der Waals surface area (Å²) in [7, 11) is 0. The molecule has 1 saturated heterocycles. The maximum atomic E-state index is 11.9. The zero-order valence-electron chi connectivity index (χ0n) is 10.9. The smallest absolute Gasteiger partial charge is 0.238 e. The zero-order chi connectivity index (χ0) is 13.9. The summed E-state index contributed by atoms with van der Waals surface area (Å²) in [6.45, 7) is 3.21. The quantitative estimate of drug-likeness (QED) is 0.847. The first kappa shape index (κ1) is 13.5. The van der Waals surface area contributed by atoms with Crippen LogP contribution in [0.25, 0.3) is 0 Å². The number of carbonyl (C=O) groups excluding carboxylic acids is 1. The van der Waals surface area contributed by atoms with Crippen LogP contribution >= 0.6 is 0 Å². The Morgan fingerprint density at radius 1 is 1.58 bits per heavy atom. The second kappa shape index (κ2) is 5.39. The number of rotatable bonds is 3. The molecule has 1 amide bonds. The van der Waals surface area contributed by atoms with Gasteiger partial charge < -0.3 is 10.4 Å². The fourth-order valence-corrected chi connectivity index (χ4v) is 2.26. The van der Waals surface area contributed by atoms with Crippen LogP contribution < -0.4 is 5.32 Å². The van der Waals surface area contributed by atoms with Gasteiger partial charge in [0, 0.05) is 13.1 Å². The molecule has 2 N–H and O–H groups in total. The molecule has 1 unspecified atom stereocenters. The molecule has 0 bridgehead atoms. The van der Waals surface area contributed by atoms with Crippen LogP contribution in [0.5, 0.6) is 0 Å². The number of benzene rings is 1. The number of para-hydroxylation sites is 1. The summed E-state index contributed by atoms with van der Waals surface area (Å²) < 4.78 is 0. The molecule has 1 aromatic carbocycles. The largest absolute Gasteiger partial charge is 0.389 e. The van der Waals surface area contributed by atoms with Crippen molar-refractivity contribution in [1.82, 2.24) is 4.90 Å². The summed E-state index contributed by atoms with van der Waals surface area (Å²) in [5.41, 5.74) is 0.274. The van der Waals surface area contributed by atoms with E-state index in [0.717, 1.165) is 0 Å². The van der Waals surface area contributed by atoms with Crippen LogP contribution in [-0.4, -0.2) is 41.1 Å². The number of likely N-dealkylation sites (tertiary alicyclic amines) is 1. The maximum absolute atomic E-state index is 11.9. The highest BCUT2D eigenvalue weighted by molar-refractivity contribution is 5.93. The minimum absolute atomic E-state index is 0.166. The Kier molecular flexibility index (Phi) is 3.84. The predicted octanol–water partition coefficient (Wildman–Crippen LogP) is 0.953. The highest BCUT2D eigenvalue weighted by Gasteiger charge is 2.32. The summed E-state index contributed by atoms with van der Waals surface area (Å²) in [5.74, 6) is -0.166. The first-order chi connectivity index (χ1) is 9.00. The molecule has 0 aliphatic carbocycles. The Hall–Kier alpha value is -1.90. The molecule has 5 heteroatoms. The number of aliphatic hydroxyl groups is 1. The van der Waals surface area contributed by atoms with Crippen LogP contribution in [0.4, 0.5) is 5.69 Å². The van der Waals surface area contributed by atoms with Crippen LogP contribution in [0.2, 0.25) is 0 Å². The Morgan fingerprint density at radius 2 is 2.32 bits per heavy atom. The molecule has 19 heavy (non-hydrogen) atoms. The average molecular weight is 259 g/mol. The maximum Gasteiger partial charge on any atom is 0.238 e. The normalized spacial score (nSPS) is 23.0. The van der Waals surface area contributed by atoms with Gasteiger partial charge in [-0.05, 0) is 25.5 Å². The number of nitrogens with zero attached hydrogens (tertiary/aromatic N) is 2. The van der Waals surface area contributed by atoms with E-state index in [-0.39, 0.29) is 12.5 Å². The predicted molar refractivity (Wildman–Crippen MR) is 71.5 cm³/mol. The lowest BCUT2D eigenvalue weighted by Gasteiger charge is -2.18. The fraction of sp³-hybridized carbons (Fsp3) is 0.429. The number of β-amino-alcohol motifs (C(OH)–C–C–N with tert-alkyl or cyclic N) is 1. The van der Waals surface area contributed by atoms with E-state index in [0.29, 0.717) is 30.8 Å². The molecule has 1 aliphatic heterocycles. The number of carbonyl (C=O) groups is 1. The van der Waals surface area contributed by atoms with Crippen molar-refractivity contribution < 1.29 is 9.90 Å². The van der Waals surface area contributed by atoms with Gasteiger partial charge in [-0.15, -0.1) is 0 Å². The molecule has 0 aromatic heterocycles. The van der Waals surface area contributed by atoms with Crippen LogP contribution in [0.3, 0.4) is 0 Å². The van der Waals surface area contributed by atoms with E-state index in [9.17, 15) is 9.90 Å². The summed E-state index contributed by atoms with van der Waals surface area (Å²) in [4.78, 5) is 13.8. The second-order valence-electron chi connectivity index (χ2n) is 5.16. The van der Waals surface area contributed by atoms with Gasteiger partial charge >= 0.3 is 0 Å². The van der Waals surface area contributed by atoms with Crippen LogP contribution in [0.15, 0.2) is 24.3 Å². The SMILES string of the molecule is CC1(O)CCN(CC(=O)Nc2ccccc2C#N)C1. The monoisotopic (exact) mass is 259 g/mol. The van der Waals surface area contributed by atoms with Gasteiger partial charge in [-0.25, -0.2) is 0 Å². The molecule has 1 fully saturated rings. The van der Waals surface area contributed by atoms with Crippen molar-refractivity contribution in [2.45, 2.75) is 18.9 Å². The van der Waals surface area contributed by atoms with E-state index in [1.807, 2.05) is 11.0 Å². The van der Waals surface area contributed by atoms with Gasteiger partial charge in [-0.2, -0.15) is 5.26 Å². The third-order valence-corrected chi connectivity index (χ3v) is 3.22. The number of hydrogen-bond acceptors (Lipinski definition) is 4. The highest BCUT2D eigenvalue weighted by Crippen LogP contribution is 2.20. The van der Waals surface area contributed by atoms with Crippen molar-refractivity contribution >= 4 is 11.6 Å². The Labute approximate surface area is 112 Å². The first-order valence-corrected chi connectivity index (χ1v) is 6.24. The third-order valence-electron chi connectivity index (χ3n) is 3.22. The number of amides is 1.